The molecule has 0 bridgehead atoms. The topological polar surface area (TPSA) is 24.9 Å². The van der Waals surface area contributed by atoms with Crippen LogP contribution >= 0.6 is 0 Å². The first kappa shape index (κ1) is 11.0. The molecule has 1 atom stereocenters. The standard InChI is InChI=1S/C11H17FN2/c1-4-10(8(2)3)14-11-6-5-9(12)7-13-11/h5-8,10H,4H2,1-3H3,(H,13,14). The summed E-state index contributed by atoms with van der Waals surface area (Å²) in [4.78, 5) is 3.96. The van der Waals surface area contributed by atoms with Crippen LogP contribution in [0.5, 0.6) is 0 Å². The molecule has 78 valence electrons. The first-order valence-corrected chi connectivity index (χ1v) is 5.01. The van der Waals surface area contributed by atoms with Crippen molar-refractivity contribution in [1.82, 2.24) is 4.98 Å². The molecule has 0 amide bonds. The molecule has 0 aliphatic rings. The third-order valence-electron chi connectivity index (χ3n) is 2.31. The molecule has 0 aliphatic heterocycles. The number of hydrogen-bond acceptors (Lipinski definition) is 2. The van der Waals surface area contributed by atoms with E-state index in [1.54, 1.807) is 6.07 Å². The number of nitrogens with one attached hydrogen (secondary N) is 1. The molecule has 1 N–H and O–H groups in total. The van der Waals surface area contributed by atoms with E-state index in [0.717, 1.165) is 12.2 Å². The van der Waals surface area contributed by atoms with Gasteiger partial charge in [-0.2, -0.15) is 0 Å². The highest BCUT2D eigenvalue weighted by molar-refractivity contribution is 5.34. The number of aromatic nitrogens is 1. The van der Waals surface area contributed by atoms with Crippen LogP contribution in [0, 0.1) is 11.7 Å². The van der Waals surface area contributed by atoms with E-state index < -0.39 is 0 Å². The minimum absolute atomic E-state index is 0.298. The van der Waals surface area contributed by atoms with Crippen molar-refractivity contribution in [3.8, 4) is 0 Å². The van der Waals surface area contributed by atoms with Crippen LogP contribution in [-0.2, 0) is 0 Å². The molecule has 0 aromatic carbocycles. The summed E-state index contributed by atoms with van der Waals surface area (Å²) in [5.74, 6) is 0.993. The second-order valence-corrected chi connectivity index (χ2v) is 3.76. The Morgan fingerprint density at radius 1 is 1.43 bits per heavy atom. The highest BCUT2D eigenvalue weighted by Crippen LogP contribution is 2.12. The molecule has 0 saturated heterocycles. The highest BCUT2D eigenvalue weighted by Gasteiger charge is 2.10. The summed E-state index contributed by atoms with van der Waals surface area (Å²) in [6, 6.07) is 3.48. The van der Waals surface area contributed by atoms with E-state index in [9.17, 15) is 4.39 Å². The second kappa shape index (κ2) is 4.94. The molecule has 0 radical (unpaired) electrons. The predicted octanol–water partition coefficient (Wildman–Crippen LogP) is 3.07. The molecular formula is C11H17FN2. The monoisotopic (exact) mass is 196 g/mol. The van der Waals surface area contributed by atoms with Crippen molar-refractivity contribution >= 4 is 5.82 Å². The number of pyridine rings is 1. The predicted molar refractivity (Wildman–Crippen MR) is 56.7 cm³/mol. The number of halogens is 1. The van der Waals surface area contributed by atoms with Gasteiger partial charge in [-0.25, -0.2) is 9.37 Å². The summed E-state index contributed by atoms with van der Waals surface area (Å²) in [5.41, 5.74) is 0. The van der Waals surface area contributed by atoms with Gasteiger partial charge < -0.3 is 5.32 Å². The highest BCUT2D eigenvalue weighted by atomic mass is 19.1. The van der Waals surface area contributed by atoms with Gasteiger partial charge >= 0.3 is 0 Å². The van der Waals surface area contributed by atoms with Gasteiger partial charge in [0.15, 0.2) is 0 Å². The largest absolute Gasteiger partial charge is 0.367 e. The van der Waals surface area contributed by atoms with Crippen LogP contribution in [0.4, 0.5) is 10.2 Å². The Kier molecular flexibility index (Phi) is 3.86. The summed E-state index contributed by atoms with van der Waals surface area (Å²) < 4.78 is 12.6. The van der Waals surface area contributed by atoms with E-state index in [2.05, 4.69) is 31.1 Å². The maximum Gasteiger partial charge on any atom is 0.141 e. The molecule has 1 unspecified atom stereocenters. The van der Waals surface area contributed by atoms with Gasteiger partial charge in [0.2, 0.25) is 0 Å². The molecule has 1 heterocycles. The first-order valence-electron chi connectivity index (χ1n) is 5.01. The van der Waals surface area contributed by atoms with Crippen molar-refractivity contribution in [2.24, 2.45) is 5.92 Å². The van der Waals surface area contributed by atoms with Gasteiger partial charge in [-0.15, -0.1) is 0 Å². The van der Waals surface area contributed by atoms with Gasteiger partial charge in [-0.3, -0.25) is 0 Å². The Morgan fingerprint density at radius 3 is 2.57 bits per heavy atom. The van der Waals surface area contributed by atoms with Gasteiger partial charge in [0.25, 0.3) is 0 Å². The number of rotatable bonds is 4. The van der Waals surface area contributed by atoms with Gasteiger partial charge in [-0.1, -0.05) is 20.8 Å². The quantitative estimate of drug-likeness (QED) is 0.800. The molecule has 3 heteroatoms. The van der Waals surface area contributed by atoms with Gasteiger partial charge in [-0.05, 0) is 24.5 Å². The fourth-order valence-corrected chi connectivity index (χ4v) is 1.39. The maximum absolute atomic E-state index is 12.6. The zero-order valence-electron chi connectivity index (χ0n) is 8.92. The lowest BCUT2D eigenvalue weighted by atomic mass is 10.0. The zero-order chi connectivity index (χ0) is 10.6. The molecule has 14 heavy (non-hydrogen) atoms. The molecule has 0 spiro atoms. The minimum atomic E-state index is -0.298. The van der Waals surface area contributed by atoms with Crippen molar-refractivity contribution in [3.63, 3.8) is 0 Å². The van der Waals surface area contributed by atoms with Crippen molar-refractivity contribution < 1.29 is 4.39 Å². The molecular weight excluding hydrogens is 179 g/mol. The minimum Gasteiger partial charge on any atom is -0.367 e. The van der Waals surface area contributed by atoms with Crippen LogP contribution in [0.1, 0.15) is 27.2 Å². The third kappa shape index (κ3) is 2.98. The lowest BCUT2D eigenvalue weighted by molar-refractivity contribution is 0.509. The Balaban J connectivity index is 2.63. The zero-order valence-corrected chi connectivity index (χ0v) is 8.92. The fraction of sp³-hybridized carbons (Fsp3) is 0.545. The summed E-state index contributed by atoms with van der Waals surface area (Å²) in [6.07, 6.45) is 2.27. The summed E-state index contributed by atoms with van der Waals surface area (Å²) in [7, 11) is 0. The maximum atomic E-state index is 12.6. The summed E-state index contributed by atoms with van der Waals surface area (Å²) >= 11 is 0. The van der Waals surface area contributed by atoms with Crippen LogP contribution in [0.15, 0.2) is 18.3 Å². The van der Waals surface area contributed by atoms with E-state index in [4.69, 9.17) is 0 Å². The smallest absolute Gasteiger partial charge is 0.141 e. The van der Waals surface area contributed by atoms with Crippen molar-refractivity contribution in [3.05, 3.63) is 24.1 Å². The number of hydrogen-bond donors (Lipinski definition) is 1. The Labute approximate surface area is 84.6 Å². The lowest BCUT2D eigenvalue weighted by Gasteiger charge is -2.21. The summed E-state index contributed by atoms with van der Waals surface area (Å²) in [5, 5.41) is 3.28. The van der Waals surface area contributed by atoms with E-state index in [0.29, 0.717) is 12.0 Å². The van der Waals surface area contributed by atoms with Gasteiger partial charge in [0.05, 0.1) is 6.20 Å². The summed E-state index contributed by atoms with van der Waals surface area (Å²) in [6.45, 7) is 6.44. The van der Waals surface area contributed by atoms with Gasteiger partial charge in [0.1, 0.15) is 11.6 Å². The fourth-order valence-electron chi connectivity index (χ4n) is 1.39. The Hall–Kier alpha value is -1.12. The molecule has 0 fully saturated rings. The van der Waals surface area contributed by atoms with E-state index in [1.165, 1.54) is 12.3 Å². The lowest BCUT2D eigenvalue weighted by Crippen LogP contribution is -2.25. The van der Waals surface area contributed by atoms with Crippen LogP contribution < -0.4 is 5.32 Å². The second-order valence-electron chi connectivity index (χ2n) is 3.76. The average molecular weight is 196 g/mol. The van der Waals surface area contributed by atoms with Crippen molar-refractivity contribution in [2.45, 2.75) is 33.2 Å². The number of nitrogens with zero attached hydrogens (tertiary/aromatic N) is 1. The SMILES string of the molecule is CCC(Nc1ccc(F)cn1)C(C)C. The van der Waals surface area contributed by atoms with Crippen LogP contribution in [0.25, 0.3) is 0 Å². The normalized spacial score (nSPS) is 12.9. The Bertz CT molecular complexity index is 269. The average Bonchev–Trinajstić information content (AvgIpc) is 2.16. The van der Waals surface area contributed by atoms with E-state index in [-0.39, 0.29) is 5.82 Å². The molecule has 1 aromatic heterocycles. The van der Waals surface area contributed by atoms with E-state index in [1.807, 2.05) is 0 Å². The van der Waals surface area contributed by atoms with Crippen molar-refractivity contribution in [1.29, 1.82) is 0 Å². The number of anilines is 1. The molecule has 2 nitrogen and oxygen atoms in total. The van der Waals surface area contributed by atoms with Crippen molar-refractivity contribution in [2.75, 3.05) is 5.32 Å². The molecule has 1 aromatic rings. The van der Waals surface area contributed by atoms with Crippen LogP contribution in [0.2, 0.25) is 0 Å². The first-order chi connectivity index (χ1) is 6.63. The van der Waals surface area contributed by atoms with Crippen LogP contribution in [0.3, 0.4) is 0 Å². The molecule has 0 aliphatic carbocycles. The van der Waals surface area contributed by atoms with Crippen LogP contribution in [-0.4, -0.2) is 11.0 Å². The van der Waals surface area contributed by atoms with E-state index >= 15 is 0 Å². The Morgan fingerprint density at radius 2 is 2.14 bits per heavy atom. The van der Waals surface area contributed by atoms with Gasteiger partial charge in [0, 0.05) is 6.04 Å². The molecule has 0 saturated carbocycles. The molecule has 1 rings (SSSR count). The third-order valence-corrected chi connectivity index (χ3v) is 2.31.